The molecule has 19 heavy (non-hydrogen) atoms. The molecule has 1 aromatic rings. The molecule has 0 aliphatic rings. The Balaban J connectivity index is 2.68. The number of aromatic nitrogens is 1. The summed E-state index contributed by atoms with van der Waals surface area (Å²) in [6, 6.07) is 3.45. The van der Waals surface area contributed by atoms with Crippen molar-refractivity contribution in [1.82, 2.24) is 15.6 Å². The van der Waals surface area contributed by atoms with Gasteiger partial charge in [0.2, 0.25) is 5.91 Å². The molecule has 1 heterocycles. The Kier molecular flexibility index (Phi) is 5.78. The highest BCUT2D eigenvalue weighted by Crippen LogP contribution is 2.10. The summed E-state index contributed by atoms with van der Waals surface area (Å²) in [5.74, 6) is 0.369. The zero-order valence-corrected chi connectivity index (χ0v) is 11.5. The first-order chi connectivity index (χ1) is 9.10. The first-order valence-electron chi connectivity index (χ1n) is 6.28. The Morgan fingerprint density at radius 2 is 2.00 bits per heavy atom. The summed E-state index contributed by atoms with van der Waals surface area (Å²) in [7, 11) is 3.33. The molecule has 104 valence electrons. The van der Waals surface area contributed by atoms with Crippen molar-refractivity contribution in [2.24, 2.45) is 0 Å². The molecular formula is C13H20N4O2. The molecule has 0 saturated carbocycles. The van der Waals surface area contributed by atoms with Crippen LogP contribution in [-0.4, -0.2) is 37.4 Å². The number of anilines is 1. The summed E-state index contributed by atoms with van der Waals surface area (Å²) < 4.78 is 0. The van der Waals surface area contributed by atoms with E-state index in [1.165, 1.54) is 0 Å². The summed E-state index contributed by atoms with van der Waals surface area (Å²) in [4.78, 5) is 27.3. The van der Waals surface area contributed by atoms with Gasteiger partial charge in [0.25, 0.3) is 5.91 Å². The fourth-order valence-corrected chi connectivity index (χ4v) is 1.54. The highest BCUT2D eigenvalue weighted by Gasteiger charge is 2.09. The second-order valence-corrected chi connectivity index (χ2v) is 4.02. The summed E-state index contributed by atoms with van der Waals surface area (Å²) in [5, 5.41) is 8.14. The van der Waals surface area contributed by atoms with Crippen LogP contribution in [0.15, 0.2) is 12.1 Å². The fourth-order valence-electron chi connectivity index (χ4n) is 1.54. The predicted molar refractivity (Wildman–Crippen MR) is 74.2 cm³/mol. The molecule has 0 aromatic carbocycles. The van der Waals surface area contributed by atoms with Crippen LogP contribution >= 0.6 is 0 Å². The zero-order chi connectivity index (χ0) is 14.3. The van der Waals surface area contributed by atoms with Crippen molar-refractivity contribution in [3.05, 3.63) is 23.4 Å². The van der Waals surface area contributed by atoms with Gasteiger partial charge in [0, 0.05) is 38.3 Å². The van der Waals surface area contributed by atoms with Crippen LogP contribution in [0.3, 0.4) is 0 Å². The smallest absolute Gasteiger partial charge is 0.251 e. The molecule has 0 aliphatic heterocycles. The number of carbonyl (C=O) groups excluding carboxylic acids is 2. The second kappa shape index (κ2) is 7.35. The molecule has 3 N–H and O–H groups in total. The molecule has 0 fully saturated rings. The van der Waals surface area contributed by atoms with Crippen LogP contribution in [-0.2, 0) is 11.2 Å². The van der Waals surface area contributed by atoms with E-state index < -0.39 is 0 Å². The minimum atomic E-state index is -0.197. The highest BCUT2D eigenvalue weighted by molar-refractivity contribution is 5.95. The molecule has 0 spiro atoms. The predicted octanol–water partition coefficient (Wildman–Crippen LogP) is 0.552. The van der Waals surface area contributed by atoms with E-state index in [2.05, 4.69) is 20.9 Å². The maximum absolute atomic E-state index is 12.0. The van der Waals surface area contributed by atoms with Gasteiger partial charge in [-0.15, -0.1) is 0 Å². The third kappa shape index (κ3) is 4.57. The molecule has 0 unspecified atom stereocenters. The molecule has 2 amide bonds. The SMILES string of the molecule is CCc1cc(C(=O)NCCC(=O)NC)cc(NC)n1. The molecule has 1 rings (SSSR count). The molecule has 0 bridgehead atoms. The van der Waals surface area contributed by atoms with Crippen LogP contribution in [0, 0.1) is 0 Å². The monoisotopic (exact) mass is 264 g/mol. The van der Waals surface area contributed by atoms with E-state index in [4.69, 9.17) is 0 Å². The largest absolute Gasteiger partial charge is 0.373 e. The van der Waals surface area contributed by atoms with Crippen LogP contribution in [0.25, 0.3) is 0 Å². The molecule has 0 aliphatic carbocycles. The summed E-state index contributed by atoms with van der Waals surface area (Å²) in [6.07, 6.45) is 1.03. The lowest BCUT2D eigenvalue weighted by molar-refractivity contribution is -0.120. The maximum atomic E-state index is 12.0. The number of nitrogens with zero attached hydrogens (tertiary/aromatic N) is 1. The van der Waals surface area contributed by atoms with E-state index in [1.807, 2.05) is 6.92 Å². The van der Waals surface area contributed by atoms with Crippen molar-refractivity contribution in [2.45, 2.75) is 19.8 Å². The highest BCUT2D eigenvalue weighted by atomic mass is 16.2. The molecular weight excluding hydrogens is 244 g/mol. The first-order valence-corrected chi connectivity index (χ1v) is 6.28. The standard InChI is InChI=1S/C13H20N4O2/c1-4-10-7-9(8-11(14-2)17-10)13(19)16-6-5-12(18)15-3/h7-8H,4-6H2,1-3H3,(H,14,17)(H,15,18)(H,16,19). The Morgan fingerprint density at radius 3 is 2.58 bits per heavy atom. The third-order valence-electron chi connectivity index (χ3n) is 2.68. The van der Waals surface area contributed by atoms with E-state index in [-0.39, 0.29) is 18.2 Å². The average Bonchev–Trinajstić information content (AvgIpc) is 2.46. The number of rotatable bonds is 6. The second-order valence-electron chi connectivity index (χ2n) is 4.02. The van der Waals surface area contributed by atoms with Crippen LogP contribution in [0.5, 0.6) is 0 Å². The summed E-state index contributed by atoms with van der Waals surface area (Å²) in [6.45, 7) is 2.30. The van der Waals surface area contributed by atoms with Crippen molar-refractivity contribution >= 4 is 17.6 Å². The number of hydrogen-bond donors (Lipinski definition) is 3. The minimum Gasteiger partial charge on any atom is -0.373 e. The molecule has 6 nitrogen and oxygen atoms in total. The number of nitrogens with one attached hydrogen (secondary N) is 3. The lowest BCUT2D eigenvalue weighted by atomic mass is 10.2. The molecule has 0 radical (unpaired) electrons. The van der Waals surface area contributed by atoms with Crippen LogP contribution in [0.2, 0.25) is 0 Å². The van der Waals surface area contributed by atoms with Gasteiger partial charge < -0.3 is 16.0 Å². The van der Waals surface area contributed by atoms with Crippen LogP contribution in [0.4, 0.5) is 5.82 Å². The van der Waals surface area contributed by atoms with Crippen molar-refractivity contribution in [3.63, 3.8) is 0 Å². The molecule has 0 saturated heterocycles. The molecule has 0 atom stereocenters. The fraction of sp³-hybridized carbons (Fsp3) is 0.462. The normalized spacial score (nSPS) is 9.84. The quantitative estimate of drug-likeness (QED) is 0.700. The number of hydrogen-bond acceptors (Lipinski definition) is 4. The number of aryl methyl sites for hydroxylation is 1. The van der Waals surface area contributed by atoms with Gasteiger partial charge >= 0.3 is 0 Å². The van der Waals surface area contributed by atoms with Crippen molar-refractivity contribution in [2.75, 3.05) is 26.0 Å². The van der Waals surface area contributed by atoms with Gasteiger partial charge in [0.1, 0.15) is 5.82 Å². The Bertz CT molecular complexity index is 438. The van der Waals surface area contributed by atoms with E-state index in [0.717, 1.165) is 12.1 Å². The van der Waals surface area contributed by atoms with Crippen molar-refractivity contribution in [1.29, 1.82) is 0 Å². The maximum Gasteiger partial charge on any atom is 0.251 e. The van der Waals surface area contributed by atoms with E-state index >= 15 is 0 Å². The lowest BCUT2D eigenvalue weighted by Crippen LogP contribution is -2.29. The Hall–Kier alpha value is -2.11. The van der Waals surface area contributed by atoms with Crippen molar-refractivity contribution in [3.8, 4) is 0 Å². The van der Waals surface area contributed by atoms with Gasteiger partial charge in [-0.05, 0) is 18.6 Å². The van der Waals surface area contributed by atoms with Gasteiger partial charge in [-0.2, -0.15) is 0 Å². The van der Waals surface area contributed by atoms with Gasteiger partial charge in [-0.25, -0.2) is 4.98 Å². The number of carbonyl (C=O) groups is 2. The number of pyridine rings is 1. The van der Waals surface area contributed by atoms with Gasteiger partial charge in [-0.1, -0.05) is 6.92 Å². The summed E-state index contributed by atoms with van der Waals surface area (Å²) in [5.41, 5.74) is 1.40. The van der Waals surface area contributed by atoms with Gasteiger partial charge in [0.15, 0.2) is 0 Å². The lowest BCUT2D eigenvalue weighted by Gasteiger charge is -2.08. The topological polar surface area (TPSA) is 83.1 Å². The Labute approximate surface area is 113 Å². The Morgan fingerprint density at radius 1 is 1.26 bits per heavy atom. The first kappa shape index (κ1) is 14.9. The third-order valence-corrected chi connectivity index (χ3v) is 2.68. The minimum absolute atomic E-state index is 0.0970. The van der Waals surface area contributed by atoms with Crippen LogP contribution < -0.4 is 16.0 Å². The zero-order valence-electron chi connectivity index (χ0n) is 11.5. The molecule has 1 aromatic heterocycles. The van der Waals surface area contributed by atoms with Gasteiger partial charge in [-0.3, -0.25) is 9.59 Å². The summed E-state index contributed by atoms with van der Waals surface area (Å²) >= 11 is 0. The molecule has 6 heteroatoms. The van der Waals surface area contributed by atoms with Crippen LogP contribution in [0.1, 0.15) is 29.4 Å². The van der Waals surface area contributed by atoms with E-state index in [1.54, 1.807) is 26.2 Å². The number of amides is 2. The van der Waals surface area contributed by atoms with Gasteiger partial charge in [0.05, 0.1) is 0 Å². The van der Waals surface area contributed by atoms with Crippen molar-refractivity contribution < 1.29 is 9.59 Å². The average molecular weight is 264 g/mol. The van der Waals surface area contributed by atoms with E-state index in [0.29, 0.717) is 17.9 Å². The van der Waals surface area contributed by atoms with E-state index in [9.17, 15) is 9.59 Å².